The maximum atomic E-state index is 5.70. The van der Waals surface area contributed by atoms with Gasteiger partial charge in [0.2, 0.25) is 0 Å². The topological polar surface area (TPSA) is 55.3 Å². The number of aromatic nitrogens is 1. The fourth-order valence-corrected chi connectivity index (χ4v) is 2.02. The number of nitrogens with zero attached hydrogens (tertiary/aromatic N) is 2. The van der Waals surface area contributed by atoms with Crippen LogP contribution < -0.4 is 10.6 Å². The van der Waals surface area contributed by atoms with Gasteiger partial charge in [-0.1, -0.05) is 12.2 Å². The fraction of sp³-hybridized carbons (Fsp3) is 0.286. The van der Waals surface area contributed by atoms with Gasteiger partial charge >= 0.3 is 0 Å². The van der Waals surface area contributed by atoms with E-state index in [0.717, 1.165) is 29.4 Å². The Kier molecular flexibility index (Phi) is 4.16. The summed E-state index contributed by atoms with van der Waals surface area (Å²) in [7, 11) is 0. The van der Waals surface area contributed by atoms with Crippen molar-refractivity contribution in [1.82, 2.24) is 4.98 Å². The molecule has 0 fully saturated rings. The third-order valence-corrected chi connectivity index (χ3v) is 3.09. The first kappa shape index (κ1) is 13.5. The summed E-state index contributed by atoms with van der Waals surface area (Å²) in [5, 5.41) is 0. The van der Waals surface area contributed by atoms with Crippen molar-refractivity contribution in [1.29, 1.82) is 0 Å². The summed E-state index contributed by atoms with van der Waals surface area (Å²) >= 11 is 5.03. The lowest BCUT2D eigenvalue weighted by Gasteiger charge is -2.21. The van der Waals surface area contributed by atoms with Gasteiger partial charge in [0.25, 0.3) is 0 Å². The van der Waals surface area contributed by atoms with Crippen LogP contribution in [-0.2, 0) is 6.54 Å². The number of furan rings is 1. The van der Waals surface area contributed by atoms with Crippen LogP contribution in [0.2, 0.25) is 0 Å². The molecule has 2 aromatic rings. The number of aryl methyl sites for hydroxylation is 1. The van der Waals surface area contributed by atoms with Crippen LogP contribution in [0.3, 0.4) is 0 Å². The molecule has 0 aliphatic rings. The quantitative estimate of drug-likeness (QED) is 0.850. The lowest BCUT2D eigenvalue weighted by molar-refractivity contribution is 0.503. The minimum absolute atomic E-state index is 0.390. The molecule has 5 heteroatoms. The molecule has 0 aromatic carbocycles. The Morgan fingerprint density at radius 3 is 2.84 bits per heavy atom. The molecular weight excluding hydrogens is 258 g/mol. The summed E-state index contributed by atoms with van der Waals surface area (Å²) in [6.45, 7) is 5.52. The Hall–Kier alpha value is -1.88. The van der Waals surface area contributed by atoms with Gasteiger partial charge in [0.15, 0.2) is 0 Å². The minimum Gasteiger partial charge on any atom is -0.467 e. The van der Waals surface area contributed by atoms with E-state index < -0.39 is 0 Å². The van der Waals surface area contributed by atoms with E-state index in [1.165, 1.54) is 0 Å². The van der Waals surface area contributed by atoms with E-state index in [-0.39, 0.29) is 0 Å². The van der Waals surface area contributed by atoms with E-state index in [0.29, 0.717) is 11.5 Å². The molecule has 2 rings (SSSR count). The zero-order valence-electron chi connectivity index (χ0n) is 11.1. The number of thiocarbonyl (C=S) groups is 1. The van der Waals surface area contributed by atoms with Crippen molar-refractivity contribution >= 4 is 23.0 Å². The van der Waals surface area contributed by atoms with Crippen molar-refractivity contribution in [3.63, 3.8) is 0 Å². The summed E-state index contributed by atoms with van der Waals surface area (Å²) in [5.74, 6) is 1.77. The summed E-state index contributed by atoms with van der Waals surface area (Å²) in [5.41, 5.74) is 7.44. The van der Waals surface area contributed by atoms with Crippen molar-refractivity contribution in [2.45, 2.75) is 20.4 Å². The molecule has 19 heavy (non-hydrogen) atoms. The Labute approximate surface area is 118 Å². The molecule has 0 aliphatic heterocycles. The lowest BCUT2D eigenvalue weighted by Crippen LogP contribution is -2.24. The minimum atomic E-state index is 0.390. The number of pyridine rings is 1. The predicted molar refractivity (Wildman–Crippen MR) is 80.3 cm³/mol. The first-order valence-electron chi connectivity index (χ1n) is 6.16. The van der Waals surface area contributed by atoms with Crippen molar-refractivity contribution in [2.75, 3.05) is 11.4 Å². The van der Waals surface area contributed by atoms with Crippen LogP contribution >= 0.6 is 12.2 Å². The molecule has 0 spiro atoms. The van der Waals surface area contributed by atoms with E-state index in [2.05, 4.69) is 16.8 Å². The monoisotopic (exact) mass is 275 g/mol. The zero-order chi connectivity index (χ0) is 13.8. The van der Waals surface area contributed by atoms with Crippen molar-refractivity contribution in [2.24, 2.45) is 5.73 Å². The highest BCUT2D eigenvalue weighted by Crippen LogP contribution is 2.18. The van der Waals surface area contributed by atoms with Gasteiger partial charge in [0.1, 0.15) is 16.6 Å². The van der Waals surface area contributed by atoms with Crippen LogP contribution in [0.1, 0.15) is 23.9 Å². The highest BCUT2D eigenvalue weighted by molar-refractivity contribution is 7.80. The summed E-state index contributed by atoms with van der Waals surface area (Å²) in [6.07, 6.45) is 1.67. The molecule has 2 N–H and O–H groups in total. The SMILES string of the molecule is CCN(Cc1ccco1)c1cc(C(N)=S)cc(C)n1. The summed E-state index contributed by atoms with van der Waals surface area (Å²) in [4.78, 5) is 7.05. The molecule has 0 saturated carbocycles. The second-order valence-electron chi connectivity index (χ2n) is 4.31. The number of nitrogens with two attached hydrogens (primary N) is 1. The highest BCUT2D eigenvalue weighted by atomic mass is 32.1. The van der Waals surface area contributed by atoms with Gasteiger partial charge in [-0.2, -0.15) is 0 Å². The van der Waals surface area contributed by atoms with E-state index in [1.807, 2.05) is 31.2 Å². The van der Waals surface area contributed by atoms with Crippen LogP contribution in [0, 0.1) is 6.92 Å². The van der Waals surface area contributed by atoms with Crippen molar-refractivity contribution in [3.05, 3.63) is 47.5 Å². The Morgan fingerprint density at radius 2 is 2.26 bits per heavy atom. The van der Waals surface area contributed by atoms with E-state index in [1.54, 1.807) is 6.26 Å². The standard InChI is InChI=1S/C14H17N3OS/c1-3-17(9-12-5-4-6-18-12)13-8-11(14(15)19)7-10(2)16-13/h4-8H,3,9H2,1-2H3,(H2,15,19). The van der Waals surface area contributed by atoms with Crippen LogP contribution in [0.15, 0.2) is 34.9 Å². The molecule has 0 amide bonds. The molecule has 0 aliphatic carbocycles. The molecular formula is C14H17N3OS. The van der Waals surface area contributed by atoms with Gasteiger partial charge in [0, 0.05) is 17.8 Å². The van der Waals surface area contributed by atoms with Crippen molar-refractivity contribution in [3.8, 4) is 0 Å². The van der Waals surface area contributed by atoms with E-state index >= 15 is 0 Å². The van der Waals surface area contributed by atoms with Gasteiger partial charge < -0.3 is 15.1 Å². The largest absolute Gasteiger partial charge is 0.467 e. The zero-order valence-corrected chi connectivity index (χ0v) is 11.9. The molecule has 0 saturated heterocycles. The van der Waals surface area contributed by atoms with Crippen LogP contribution in [-0.4, -0.2) is 16.5 Å². The van der Waals surface area contributed by atoms with E-state index in [4.69, 9.17) is 22.4 Å². The van der Waals surface area contributed by atoms with Gasteiger partial charge in [0.05, 0.1) is 12.8 Å². The van der Waals surface area contributed by atoms with Gasteiger partial charge in [-0.15, -0.1) is 0 Å². The smallest absolute Gasteiger partial charge is 0.129 e. The third-order valence-electron chi connectivity index (χ3n) is 2.86. The van der Waals surface area contributed by atoms with Crippen molar-refractivity contribution < 1.29 is 4.42 Å². The number of rotatable bonds is 5. The van der Waals surface area contributed by atoms with Crippen LogP contribution in [0.25, 0.3) is 0 Å². The summed E-state index contributed by atoms with van der Waals surface area (Å²) in [6, 6.07) is 7.65. The van der Waals surface area contributed by atoms with Crippen LogP contribution in [0.4, 0.5) is 5.82 Å². The number of anilines is 1. The van der Waals surface area contributed by atoms with Gasteiger partial charge in [-0.3, -0.25) is 0 Å². The molecule has 0 bridgehead atoms. The van der Waals surface area contributed by atoms with Crippen LogP contribution in [0.5, 0.6) is 0 Å². The Bertz CT molecular complexity index is 566. The maximum Gasteiger partial charge on any atom is 0.129 e. The Balaban J connectivity index is 2.29. The molecule has 0 atom stereocenters. The lowest BCUT2D eigenvalue weighted by atomic mass is 10.2. The Morgan fingerprint density at radius 1 is 1.47 bits per heavy atom. The molecule has 2 heterocycles. The predicted octanol–water partition coefficient (Wildman–Crippen LogP) is 2.64. The first-order valence-corrected chi connectivity index (χ1v) is 6.56. The molecule has 2 aromatic heterocycles. The first-order chi connectivity index (χ1) is 9.10. The summed E-state index contributed by atoms with van der Waals surface area (Å²) < 4.78 is 5.38. The van der Waals surface area contributed by atoms with Gasteiger partial charge in [-0.25, -0.2) is 4.98 Å². The third kappa shape index (κ3) is 3.32. The maximum absolute atomic E-state index is 5.70. The number of hydrogen-bond acceptors (Lipinski definition) is 4. The number of hydrogen-bond donors (Lipinski definition) is 1. The molecule has 4 nitrogen and oxygen atoms in total. The average Bonchev–Trinajstić information content (AvgIpc) is 2.88. The molecule has 0 radical (unpaired) electrons. The van der Waals surface area contributed by atoms with Gasteiger partial charge in [-0.05, 0) is 38.1 Å². The average molecular weight is 275 g/mol. The van der Waals surface area contributed by atoms with E-state index in [9.17, 15) is 0 Å². The second-order valence-corrected chi connectivity index (χ2v) is 4.75. The fourth-order valence-electron chi connectivity index (χ4n) is 1.90. The second kappa shape index (κ2) is 5.84. The molecule has 0 unspecified atom stereocenters. The highest BCUT2D eigenvalue weighted by Gasteiger charge is 2.11. The molecule has 100 valence electrons. The normalized spacial score (nSPS) is 10.4.